The molecule has 2 N–H and O–H groups in total. The standard InChI is InChI=1S/C14H24N2O3/c1-9(13(17)18)12-7-16(8-12)14(19)15-10(2)11-5-3-4-6-11/h9-12H,3-8H2,1-2H3,(H,15,19)(H,17,18). The van der Waals surface area contributed by atoms with Crippen molar-refractivity contribution >= 4 is 12.0 Å². The second kappa shape index (κ2) is 5.80. The van der Waals surface area contributed by atoms with Crippen LogP contribution in [0.4, 0.5) is 4.79 Å². The maximum atomic E-state index is 12.0. The normalized spacial score (nSPS) is 23.8. The van der Waals surface area contributed by atoms with Crippen LogP contribution in [-0.2, 0) is 4.79 Å². The van der Waals surface area contributed by atoms with Crippen LogP contribution in [0, 0.1) is 17.8 Å². The number of amides is 2. The molecule has 0 aromatic rings. The van der Waals surface area contributed by atoms with Gasteiger partial charge in [0.25, 0.3) is 0 Å². The van der Waals surface area contributed by atoms with Gasteiger partial charge in [-0.3, -0.25) is 4.79 Å². The molecule has 2 fully saturated rings. The van der Waals surface area contributed by atoms with E-state index in [1.54, 1.807) is 11.8 Å². The Balaban J connectivity index is 1.72. The molecule has 19 heavy (non-hydrogen) atoms. The molecule has 2 aliphatic rings. The molecule has 5 nitrogen and oxygen atoms in total. The third-order valence-electron chi connectivity index (χ3n) is 4.75. The Bertz CT molecular complexity index is 347. The zero-order chi connectivity index (χ0) is 14.0. The van der Waals surface area contributed by atoms with Crippen molar-refractivity contribution in [3.8, 4) is 0 Å². The summed E-state index contributed by atoms with van der Waals surface area (Å²) in [6.45, 7) is 4.92. The molecule has 2 unspecified atom stereocenters. The van der Waals surface area contributed by atoms with Crippen molar-refractivity contribution < 1.29 is 14.7 Å². The van der Waals surface area contributed by atoms with Gasteiger partial charge in [-0.05, 0) is 25.7 Å². The molecular formula is C14H24N2O3. The Morgan fingerprint density at radius 2 is 1.74 bits per heavy atom. The molecule has 0 radical (unpaired) electrons. The van der Waals surface area contributed by atoms with Crippen LogP contribution in [0.3, 0.4) is 0 Å². The molecule has 0 aromatic heterocycles. The van der Waals surface area contributed by atoms with Gasteiger partial charge in [-0.2, -0.15) is 0 Å². The number of carbonyl (C=O) groups is 2. The maximum absolute atomic E-state index is 12.0. The van der Waals surface area contributed by atoms with Crippen LogP contribution in [0.1, 0.15) is 39.5 Å². The molecule has 108 valence electrons. The molecule has 0 spiro atoms. The largest absolute Gasteiger partial charge is 0.481 e. The van der Waals surface area contributed by atoms with Crippen molar-refractivity contribution in [2.45, 2.75) is 45.6 Å². The van der Waals surface area contributed by atoms with Crippen LogP contribution in [0.2, 0.25) is 0 Å². The van der Waals surface area contributed by atoms with Crippen LogP contribution >= 0.6 is 0 Å². The summed E-state index contributed by atoms with van der Waals surface area (Å²) in [4.78, 5) is 24.6. The average molecular weight is 268 g/mol. The van der Waals surface area contributed by atoms with Gasteiger partial charge in [0.05, 0.1) is 5.92 Å². The van der Waals surface area contributed by atoms with E-state index in [1.807, 2.05) is 0 Å². The number of aliphatic carboxylic acids is 1. The molecule has 1 saturated heterocycles. The predicted molar refractivity (Wildman–Crippen MR) is 71.8 cm³/mol. The van der Waals surface area contributed by atoms with Gasteiger partial charge in [-0.1, -0.05) is 19.8 Å². The number of nitrogens with one attached hydrogen (secondary N) is 1. The molecule has 5 heteroatoms. The summed E-state index contributed by atoms with van der Waals surface area (Å²) in [5, 5.41) is 12.0. The summed E-state index contributed by atoms with van der Waals surface area (Å²) in [6, 6.07) is 0.194. The minimum Gasteiger partial charge on any atom is -0.481 e. The first kappa shape index (κ1) is 14.2. The number of carboxylic acids is 1. The summed E-state index contributed by atoms with van der Waals surface area (Å²) >= 11 is 0. The topological polar surface area (TPSA) is 69.6 Å². The second-order valence-electron chi connectivity index (χ2n) is 6.07. The smallest absolute Gasteiger partial charge is 0.317 e. The Kier molecular flexibility index (Phi) is 4.32. The highest BCUT2D eigenvalue weighted by molar-refractivity contribution is 5.76. The van der Waals surface area contributed by atoms with Crippen molar-refractivity contribution in [2.24, 2.45) is 17.8 Å². The minimum atomic E-state index is -0.774. The number of rotatable bonds is 4. The monoisotopic (exact) mass is 268 g/mol. The lowest BCUT2D eigenvalue weighted by atomic mass is 9.87. The first-order valence-electron chi connectivity index (χ1n) is 7.27. The molecular weight excluding hydrogens is 244 g/mol. The fourth-order valence-corrected chi connectivity index (χ4v) is 3.06. The highest BCUT2D eigenvalue weighted by Gasteiger charge is 2.37. The van der Waals surface area contributed by atoms with Crippen LogP contribution in [0.15, 0.2) is 0 Å². The maximum Gasteiger partial charge on any atom is 0.317 e. The molecule has 0 bridgehead atoms. The van der Waals surface area contributed by atoms with Crippen LogP contribution in [0.5, 0.6) is 0 Å². The van der Waals surface area contributed by atoms with Crippen LogP contribution < -0.4 is 5.32 Å². The molecule has 1 aliphatic heterocycles. The molecule has 2 amide bonds. The molecule has 1 heterocycles. The lowest BCUT2D eigenvalue weighted by Crippen LogP contribution is -2.58. The van der Waals surface area contributed by atoms with Crippen molar-refractivity contribution in [1.29, 1.82) is 0 Å². The van der Waals surface area contributed by atoms with E-state index in [2.05, 4.69) is 12.2 Å². The van der Waals surface area contributed by atoms with E-state index in [1.165, 1.54) is 25.7 Å². The number of nitrogens with zero attached hydrogens (tertiary/aromatic N) is 1. The molecule has 1 aliphatic carbocycles. The van der Waals surface area contributed by atoms with Gasteiger partial charge in [-0.25, -0.2) is 4.79 Å². The summed E-state index contributed by atoms with van der Waals surface area (Å²) in [5.74, 6) is -0.426. The van der Waals surface area contributed by atoms with E-state index in [0.29, 0.717) is 19.0 Å². The highest BCUT2D eigenvalue weighted by atomic mass is 16.4. The molecule has 1 saturated carbocycles. The van der Waals surface area contributed by atoms with Gasteiger partial charge < -0.3 is 15.3 Å². The van der Waals surface area contributed by atoms with E-state index in [-0.39, 0.29) is 23.9 Å². The fraction of sp³-hybridized carbons (Fsp3) is 0.857. The number of carboxylic acid groups (broad SMARTS) is 1. The molecule has 2 atom stereocenters. The quantitative estimate of drug-likeness (QED) is 0.818. The first-order chi connectivity index (χ1) is 8.99. The average Bonchev–Trinajstić information content (AvgIpc) is 2.79. The number of hydrogen-bond acceptors (Lipinski definition) is 2. The lowest BCUT2D eigenvalue weighted by Gasteiger charge is -2.41. The highest BCUT2D eigenvalue weighted by Crippen LogP contribution is 2.28. The van der Waals surface area contributed by atoms with Crippen molar-refractivity contribution in [3.05, 3.63) is 0 Å². The molecule has 0 aromatic carbocycles. The van der Waals surface area contributed by atoms with Crippen molar-refractivity contribution in [2.75, 3.05) is 13.1 Å². The SMILES string of the molecule is CC(NC(=O)N1CC(C(C)C(=O)O)C1)C1CCCC1. The number of hydrogen-bond donors (Lipinski definition) is 2. The van der Waals surface area contributed by atoms with Crippen LogP contribution in [-0.4, -0.2) is 41.1 Å². The predicted octanol–water partition coefficient (Wildman–Crippen LogP) is 1.93. The Labute approximate surface area is 114 Å². The van der Waals surface area contributed by atoms with E-state index in [9.17, 15) is 9.59 Å². The zero-order valence-electron chi connectivity index (χ0n) is 11.8. The van der Waals surface area contributed by atoms with Gasteiger partial charge in [0.2, 0.25) is 0 Å². The summed E-state index contributed by atoms with van der Waals surface area (Å²) in [6.07, 6.45) is 4.96. The van der Waals surface area contributed by atoms with Crippen molar-refractivity contribution in [1.82, 2.24) is 10.2 Å². The third kappa shape index (κ3) is 3.19. The second-order valence-corrected chi connectivity index (χ2v) is 6.07. The van der Waals surface area contributed by atoms with Gasteiger partial charge in [0, 0.05) is 25.0 Å². The van der Waals surface area contributed by atoms with E-state index in [0.717, 1.165) is 0 Å². The Morgan fingerprint density at radius 1 is 1.16 bits per heavy atom. The van der Waals surface area contributed by atoms with Crippen molar-refractivity contribution in [3.63, 3.8) is 0 Å². The van der Waals surface area contributed by atoms with E-state index >= 15 is 0 Å². The Morgan fingerprint density at radius 3 is 2.26 bits per heavy atom. The van der Waals surface area contributed by atoms with Gasteiger partial charge >= 0.3 is 12.0 Å². The van der Waals surface area contributed by atoms with Gasteiger partial charge in [0.15, 0.2) is 0 Å². The fourth-order valence-electron chi connectivity index (χ4n) is 3.06. The van der Waals surface area contributed by atoms with E-state index < -0.39 is 5.97 Å². The van der Waals surface area contributed by atoms with Gasteiger partial charge in [-0.15, -0.1) is 0 Å². The summed E-state index contributed by atoms with van der Waals surface area (Å²) in [7, 11) is 0. The summed E-state index contributed by atoms with van der Waals surface area (Å²) in [5.41, 5.74) is 0. The van der Waals surface area contributed by atoms with E-state index in [4.69, 9.17) is 5.11 Å². The molecule has 2 rings (SSSR count). The number of carbonyl (C=O) groups excluding carboxylic acids is 1. The number of urea groups is 1. The van der Waals surface area contributed by atoms with Crippen LogP contribution in [0.25, 0.3) is 0 Å². The first-order valence-corrected chi connectivity index (χ1v) is 7.27. The minimum absolute atomic E-state index is 0.0340. The zero-order valence-corrected chi connectivity index (χ0v) is 11.8. The van der Waals surface area contributed by atoms with Gasteiger partial charge in [0.1, 0.15) is 0 Å². The lowest BCUT2D eigenvalue weighted by molar-refractivity contribution is -0.144. The number of likely N-dealkylation sites (tertiary alicyclic amines) is 1. The summed E-state index contributed by atoms with van der Waals surface area (Å²) < 4.78 is 0. The third-order valence-corrected chi connectivity index (χ3v) is 4.75. The Hall–Kier alpha value is -1.26.